The van der Waals surface area contributed by atoms with Crippen molar-refractivity contribution in [3.8, 4) is 5.75 Å². The van der Waals surface area contributed by atoms with Crippen LogP contribution < -0.4 is 15.4 Å². The minimum absolute atomic E-state index is 0.0384. The zero-order valence-corrected chi connectivity index (χ0v) is 18.2. The first-order chi connectivity index (χ1) is 14.4. The second kappa shape index (κ2) is 14.5. The number of halogens is 1. The van der Waals surface area contributed by atoms with Crippen LogP contribution in [0.1, 0.15) is 44.6 Å². The van der Waals surface area contributed by atoms with Crippen molar-refractivity contribution in [2.24, 2.45) is 0 Å². The smallest absolute Gasteiger partial charge is 0.243 e. The number of likely N-dealkylation sites (N-methyl/N-ethyl adjacent to an activating group) is 1. The van der Waals surface area contributed by atoms with Crippen molar-refractivity contribution in [1.82, 2.24) is 15.5 Å². The lowest BCUT2D eigenvalue weighted by atomic mass is 10.1. The van der Waals surface area contributed by atoms with Gasteiger partial charge in [0.1, 0.15) is 23.9 Å². The van der Waals surface area contributed by atoms with Gasteiger partial charge in [0.15, 0.2) is 0 Å². The van der Waals surface area contributed by atoms with Gasteiger partial charge in [-0.25, -0.2) is 4.39 Å². The van der Waals surface area contributed by atoms with E-state index in [-0.39, 0.29) is 30.5 Å². The van der Waals surface area contributed by atoms with Crippen molar-refractivity contribution >= 4 is 18.1 Å². The van der Waals surface area contributed by atoms with Crippen LogP contribution in [-0.2, 0) is 14.4 Å². The SMILES string of the molecule is CCNCCCNC(=O)C(CC=O)N(C)C(=O)CCCCOc1cc(C)cc(F)c1. The monoisotopic (exact) mass is 423 g/mol. The van der Waals surface area contributed by atoms with Gasteiger partial charge in [0.2, 0.25) is 11.8 Å². The fourth-order valence-corrected chi connectivity index (χ4v) is 2.96. The number of unbranched alkanes of at least 4 members (excludes halogenated alkanes) is 1. The number of hydrogen-bond acceptors (Lipinski definition) is 5. The quantitative estimate of drug-likeness (QED) is 0.334. The van der Waals surface area contributed by atoms with Crippen molar-refractivity contribution in [3.63, 3.8) is 0 Å². The first kappa shape index (κ1) is 25.6. The number of aryl methyl sites for hydroxylation is 1. The van der Waals surface area contributed by atoms with Gasteiger partial charge in [-0.3, -0.25) is 9.59 Å². The van der Waals surface area contributed by atoms with Gasteiger partial charge in [-0.2, -0.15) is 0 Å². The van der Waals surface area contributed by atoms with E-state index in [1.165, 1.54) is 17.0 Å². The summed E-state index contributed by atoms with van der Waals surface area (Å²) in [5.41, 5.74) is 0.780. The number of hydrogen-bond donors (Lipinski definition) is 2. The molecule has 1 rings (SSSR count). The van der Waals surface area contributed by atoms with Crippen molar-refractivity contribution < 1.29 is 23.5 Å². The molecule has 1 atom stereocenters. The summed E-state index contributed by atoms with van der Waals surface area (Å²) in [4.78, 5) is 37.1. The highest BCUT2D eigenvalue weighted by atomic mass is 19.1. The maximum Gasteiger partial charge on any atom is 0.243 e. The highest BCUT2D eigenvalue weighted by molar-refractivity contribution is 5.89. The van der Waals surface area contributed by atoms with Crippen LogP contribution in [0.15, 0.2) is 18.2 Å². The number of nitrogens with zero attached hydrogens (tertiary/aromatic N) is 1. The van der Waals surface area contributed by atoms with E-state index in [2.05, 4.69) is 10.6 Å². The Labute approximate surface area is 178 Å². The molecule has 0 aliphatic rings. The zero-order valence-electron chi connectivity index (χ0n) is 18.2. The Morgan fingerprint density at radius 1 is 1.20 bits per heavy atom. The Bertz CT molecular complexity index is 664. The van der Waals surface area contributed by atoms with Crippen molar-refractivity contribution in [2.45, 2.75) is 52.0 Å². The summed E-state index contributed by atoms with van der Waals surface area (Å²) < 4.78 is 18.9. The predicted octanol–water partition coefficient (Wildman–Crippen LogP) is 2.22. The van der Waals surface area contributed by atoms with Gasteiger partial charge >= 0.3 is 0 Å². The molecule has 8 heteroatoms. The van der Waals surface area contributed by atoms with Crippen molar-refractivity contribution in [2.75, 3.05) is 33.3 Å². The molecule has 0 spiro atoms. The number of carbonyl (C=O) groups is 3. The summed E-state index contributed by atoms with van der Waals surface area (Å²) in [7, 11) is 1.54. The molecule has 0 aromatic heterocycles. The summed E-state index contributed by atoms with van der Waals surface area (Å²) in [6.45, 7) is 6.31. The molecule has 7 nitrogen and oxygen atoms in total. The second-order valence-electron chi connectivity index (χ2n) is 7.19. The first-order valence-electron chi connectivity index (χ1n) is 10.5. The van der Waals surface area contributed by atoms with E-state index in [9.17, 15) is 18.8 Å². The fraction of sp³-hybridized carbons (Fsp3) is 0.591. The van der Waals surface area contributed by atoms with E-state index in [0.29, 0.717) is 38.0 Å². The molecule has 2 N–H and O–H groups in total. The molecular formula is C22H34FN3O4. The molecule has 168 valence electrons. The molecule has 30 heavy (non-hydrogen) atoms. The van der Waals surface area contributed by atoms with Crippen LogP contribution in [0.3, 0.4) is 0 Å². The Kier molecular flexibility index (Phi) is 12.3. The Morgan fingerprint density at radius 2 is 1.97 bits per heavy atom. The van der Waals surface area contributed by atoms with E-state index in [0.717, 1.165) is 25.1 Å². The minimum atomic E-state index is -0.805. The molecule has 0 heterocycles. The molecular weight excluding hydrogens is 389 g/mol. The lowest BCUT2D eigenvalue weighted by Crippen LogP contribution is -2.48. The maximum atomic E-state index is 13.3. The van der Waals surface area contributed by atoms with E-state index in [1.54, 1.807) is 20.0 Å². The summed E-state index contributed by atoms with van der Waals surface area (Å²) >= 11 is 0. The molecule has 2 amide bonds. The average Bonchev–Trinajstić information content (AvgIpc) is 2.70. The Morgan fingerprint density at radius 3 is 2.63 bits per heavy atom. The third-order valence-electron chi connectivity index (χ3n) is 4.63. The number of carbonyl (C=O) groups excluding carboxylic acids is 3. The van der Waals surface area contributed by atoms with Crippen molar-refractivity contribution in [3.05, 3.63) is 29.6 Å². The number of amides is 2. The molecule has 0 aliphatic heterocycles. The van der Waals surface area contributed by atoms with Gasteiger partial charge in [0.25, 0.3) is 0 Å². The van der Waals surface area contributed by atoms with Crippen LogP contribution >= 0.6 is 0 Å². The zero-order chi connectivity index (χ0) is 22.4. The summed E-state index contributed by atoms with van der Waals surface area (Å²) in [5, 5.41) is 5.95. The van der Waals surface area contributed by atoms with Gasteiger partial charge in [-0.05, 0) is 57.0 Å². The minimum Gasteiger partial charge on any atom is -0.493 e. The predicted molar refractivity (Wildman–Crippen MR) is 114 cm³/mol. The fourth-order valence-electron chi connectivity index (χ4n) is 2.96. The van der Waals surface area contributed by atoms with E-state index in [1.807, 2.05) is 6.92 Å². The van der Waals surface area contributed by atoms with Crippen LogP contribution in [0.5, 0.6) is 5.75 Å². The topological polar surface area (TPSA) is 87.7 Å². The van der Waals surface area contributed by atoms with Crippen LogP contribution in [0, 0.1) is 12.7 Å². The van der Waals surface area contributed by atoms with Gasteiger partial charge in [-0.1, -0.05) is 6.92 Å². The number of benzene rings is 1. The Hall–Kier alpha value is -2.48. The largest absolute Gasteiger partial charge is 0.493 e. The highest BCUT2D eigenvalue weighted by Crippen LogP contribution is 2.16. The number of aldehydes is 1. The molecule has 1 aromatic rings. The number of ether oxygens (including phenoxy) is 1. The molecule has 1 aromatic carbocycles. The number of rotatable bonds is 15. The van der Waals surface area contributed by atoms with Gasteiger partial charge < -0.3 is 25.1 Å². The lowest BCUT2D eigenvalue weighted by molar-refractivity contribution is -0.139. The van der Waals surface area contributed by atoms with Crippen LogP contribution in [0.2, 0.25) is 0 Å². The molecule has 0 bridgehead atoms. The van der Waals surface area contributed by atoms with Gasteiger partial charge in [0.05, 0.1) is 6.61 Å². The average molecular weight is 424 g/mol. The summed E-state index contributed by atoms with van der Waals surface area (Å²) in [6.07, 6.45) is 2.81. The molecule has 0 saturated heterocycles. The van der Waals surface area contributed by atoms with Crippen LogP contribution in [0.25, 0.3) is 0 Å². The molecule has 1 unspecified atom stereocenters. The molecule has 0 fully saturated rings. The summed E-state index contributed by atoms with van der Waals surface area (Å²) in [6, 6.07) is 3.70. The lowest BCUT2D eigenvalue weighted by Gasteiger charge is -2.26. The molecule has 0 saturated carbocycles. The molecule has 0 radical (unpaired) electrons. The normalized spacial score (nSPS) is 11.6. The standard InChI is InChI=1S/C22H34FN3O4/c1-4-24-10-7-11-25-22(29)20(9-12-27)26(3)21(28)8-5-6-13-30-19-15-17(2)14-18(23)16-19/h12,14-16,20,24H,4-11,13H2,1-3H3,(H,25,29). The van der Waals surface area contributed by atoms with Crippen LogP contribution in [-0.4, -0.2) is 62.3 Å². The summed E-state index contributed by atoms with van der Waals surface area (Å²) in [5.74, 6) is -0.402. The maximum absolute atomic E-state index is 13.3. The second-order valence-corrected chi connectivity index (χ2v) is 7.19. The van der Waals surface area contributed by atoms with Crippen LogP contribution in [0.4, 0.5) is 4.39 Å². The van der Waals surface area contributed by atoms with E-state index in [4.69, 9.17) is 4.74 Å². The van der Waals surface area contributed by atoms with E-state index < -0.39 is 6.04 Å². The first-order valence-corrected chi connectivity index (χ1v) is 10.5. The Balaban J connectivity index is 2.37. The van der Waals surface area contributed by atoms with Gasteiger partial charge in [-0.15, -0.1) is 0 Å². The number of nitrogens with one attached hydrogen (secondary N) is 2. The van der Waals surface area contributed by atoms with E-state index >= 15 is 0 Å². The highest BCUT2D eigenvalue weighted by Gasteiger charge is 2.25. The molecule has 0 aliphatic carbocycles. The van der Waals surface area contributed by atoms with Gasteiger partial charge in [0, 0.05) is 32.5 Å². The third-order valence-corrected chi connectivity index (χ3v) is 4.63. The van der Waals surface area contributed by atoms with Crippen molar-refractivity contribution in [1.29, 1.82) is 0 Å². The third kappa shape index (κ3) is 9.82.